The highest BCUT2D eigenvalue weighted by atomic mass is 19.1. The molecule has 8 heteroatoms. The van der Waals surface area contributed by atoms with Gasteiger partial charge in [-0.15, -0.1) is 0 Å². The summed E-state index contributed by atoms with van der Waals surface area (Å²) in [6.07, 6.45) is 0.503. The lowest BCUT2D eigenvalue weighted by molar-refractivity contribution is 0.00578. The number of rotatable bonds is 4. The third kappa shape index (κ3) is 3.85. The molecule has 1 aliphatic heterocycles. The van der Waals surface area contributed by atoms with Crippen LogP contribution in [0.3, 0.4) is 0 Å². The molecule has 1 aliphatic rings. The Labute approximate surface area is 176 Å². The number of urea groups is 1. The van der Waals surface area contributed by atoms with Gasteiger partial charge in [0, 0.05) is 18.3 Å². The van der Waals surface area contributed by atoms with E-state index in [-0.39, 0.29) is 11.3 Å². The number of carbonyl (C=O) groups is 2. The van der Waals surface area contributed by atoms with Gasteiger partial charge in [0.05, 0.1) is 16.9 Å². The van der Waals surface area contributed by atoms with E-state index in [2.05, 4.69) is 5.32 Å². The van der Waals surface area contributed by atoms with Crippen molar-refractivity contribution in [1.29, 1.82) is 0 Å². The molecular formula is C22H26BFN2O4. The van der Waals surface area contributed by atoms with Gasteiger partial charge in [-0.05, 0) is 63.8 Å². The number of aldehydes is 1. The van der Waals surface area contributed by atoms with Gasteiger partial charge in [0.1, 0.15) is 5.82 Å². The van der Waals surface area contributed by atoms with E-state index in [1.807, 2.05) is 46.8 Å². The number of nitrogens with zero attached hydrogens (tertiary/aromatic N) is 1. The topological polar surface area (TPSA) is 67.9 Å². The van der Waals surface area contributed by atoms with E-state index >= 15 is 0 Å². The first-order valence-corrected chi connectivity index (χ1v) is 9.72. The predicted octanol–water partition coefficient (Wildman–Crippen LogP) is 3.91. The Morgan fingerprint density at radius 1 is 1.10 bits per heavy atom. The van der Waals surface area contributed by atoms with Crippen molar-refractivity contribution < 1.29 is 23.3 Å². The monoisotopic (exact) mass is 412 g/mol. The average molecular weight is 412 g/mol. The lowest BCUT2D eigenvalue weighted by Crippen LogP contribution is -2.41. The Kier molecular flexibility index (Phi) is 5.75. The van der Waals surface area contributed by atoms with Crippen molar-refractivity contribution in [2.45, 2.75) is 45.8 Å². The van der Waals surface area contributed by atoms with Crippen LogP contribution in [0.4, 0.5) is 20.6 Å². The van der Waals surface area contributed by atoms with Crippen LogP contribution in [0.25, 0.3) is 0 Å². The quantitative estimate of drug-likeness (QED) is 0.611. The second kappa shape index (κ2) is 7.85. The zero-order chi connectivity index (χ0) is 22.3. The SMILES string of the molecule is Cc1c(B2OC(C)(C)C(C)(C)O2)cccc1N(C)C(=O)Nc1c(F)cccc1C=O. The van der Waals surface area contributed by atoms with Gasteiger partial charge in [-0.25, -0.2) is 9.18 Å². The molecule has 0 unspecified atom stereocenters. The van der Waals surface area contributed by atoms with Crippen molar-refractivity contribution in [3.63, 3.8) is 0 Å². The first-order valence-electron chi connectivity index (χ1n) is 9.72. The number of amides is 2. The maximum atomic E-state index is 14.1. The Hall–Kier alpha value is -2.71. The van der Waals surface area contributed by atoms with Gasteiger partial charge in [-0.2, -0.15) is 0 Å². The molecular weight excluding hydrogens is 386 g/mol. The molecule has 0 radical (unpaired) electrons. The van der Waals surface area contributed by atoms with Gasteiger partial charge in [0.15, 0.2) is 6.29 Å². The molecule has 2 amide bonds. The number of carbonyl (C=O) groups excluding carboxylic acids is 2. The summed E-state index contributed by atoms with van der Waals surface area (Å²) in [5.41, 5.74) is 1.18. The second-order valence-electron chi connectivity index (χ2n) is 8.39. The number of anilines is 2. The van der Waals surface area contributed by atoms with Gasteiger partial charge in [0.2, 0.25) is 0 Å². The number of nitrogens with one attached hydrogen (secondary N) is 1. The molecule has 30 heavy (non-hydrogen) atoms. The first-order chi connectivity index (χ1) is 14.0. The molecule has 158 valence electrons. The minimum absolute atomic E-state index is 0.0689. The molecule has 1 heterocycles. The molecule has 3 rings (SSSR count). The zero-order valence-corrected chi connectivity index (χ0v) is 18.1. The van der Waals surface area contributed by atoms with Crippen LogP contribution in [0.5, 0.6) is 0 Å². The molecule has 0 atom stereocenters. The molecule has 1 N–H and O–H groups in total. The van der Waals surface area contributed by atoms with Crippen LogP contribution in [0.2, 0.25) is 0 Å². The highest BCUT2D eigenvalue weighted by Crippen LogP contribution is 2.37. The van der Waals surface area contributed by atoms with Crippen LogP contribution in [0, 0.1) is 12.7 Å². The number of hydrogen-bond acceptors (Lipinski definition) is 4. The van der Waals surface area contributed by atoms with Crippen LogP contribution in [0.15, 0.2) is 36.4 Å². The molecule has 6 nitrogen and oxygen atoms in total. The second-order valence-corrected chi connectivity index (χ2v) is 8.39. The third-order valence-corrected chi connectivity index (χ3v) is 5.93. The number of benzene rings is 2. The van der Waals surface area contributed by atoms with Crippen molar-refractivity contribution in [2.24, 2.45) is 0 Å². The summed E-state index contributed by atoms with van der Waals surface area (Å²) in [6, 6.07) is 8.96. The number of hydrogen-bond donors (Lipinski definition) is 1. The first kappa shape index (κ1) is 22.0. The molecule has 1 fully saturated rings. The fourth-order valence-corrected chi connectivity index (χ4v) is 3.30. The summed E-state index contributed by atoms with van der Waals surface area (Å²) >= 11 is 0. The molecule has 0 spiro atoms. The maximum absolute atomic E-state index is 14.1. The van der Waals surface area contributed by atoms with Crippen LogP contribution >= 0.6 is 0 Å². The highest BCUT2D eigenvalue weighted by molar-refractivity contribution is 6.62. The van der Waals surface area contributed by atoms with Crippen LogP contribution in [-0.4, -0.2) is 37.7 Å². The number of halogens is 1. The summed E-state index contributed by atoms with van der Waals surface area (Å²) in [5.74, 6) is -0.677. The van der Waals surface area contributed by atoms with Crippen LogP contribution in [-0.2, 0) is 9.31 Å². The normalized spacial score (nSPS) is 17.0. The third-order valence-electron chi connectivity index (χ3n) is 5.93. The molecule has 2 aromatic rings. The van der Waals surface area contributed by atoms with Gasteiger partial charge in [-0.1, -0.05) is 18.2 Å². The van der Waals surface area contributed by atoms with Gasteiger partial charge < -0.3 is 14.6 Å². The minimum atomic E-state index is -0.677. The minimum Gasteiger partial charge on any atom is -0.399 e. The standard InChI is InChI=1S/C22H26BFN2O4/c1-14-16(23-29-21(2,3)22(4,5)30-23)10-8-12-18(14)26(6)20(28)25-19-15(13-27)9-7-11-17(19)24/h7-13H,1-6H3,(H,25,28). The van der Waals surface area contributed by atoms with Crippen molar-refractivity contribution in [3.05, 3.63) is 53.3 Å². The Bertz CT molecular complexity index is 977. The molecule has 2 aromatic carbocycles. The Morgan fingerprint density at radius 3 is 2.30 bits per heavy atom. The van der Waals surface area contributed by atoms with Crippen LogP contribution in [0.1, 0.15) is 43.6 Å². The lowest BCUT2D eigenvalue weighted by atomic mass is 9.75. The van der Waals surface area contributed by atoms with E-state index < -0.39 is 30.2 Å². The number of para-hydroxylation sites is 1. The van der Waals surface area contributed by atoms with E-state index in [0.717, 1.165) is 11.0 Å². The Morgan fingerprint density at radius 2 is 1.70 bits per heavy atom. The van der Waals surface area contributed by atoms with E-state index in [4.69, 9.17) is 9.31 Å². The van der Waals surface area contributed by atoms with Crippen molar-refractivity contribution >= 4 is 36.3 Å². The zero-order valence-electron chi connectivity index (χ0n) is 18.1. The highest BCUT2D eigenvalue weighted by Gasteiger charge is 2.52. The van der Waals surface area contributed by atoms with Crippen molar-refractivity contribution in [1.82, 2.24) is 0 Å². The summed E-state index contributed by atoms with van der Waals surface area (Å²) in [5, 5.41) is 2.49. The molecule has 0 bridgehead atoms. The Balaban J connectivity index is 1.88. The fourth-order valence-electron chi connectivity index (χ4n) is 3.30. The summed E-state index contributed by atoms with van der Waals surface area (Å²) in [4.78, 5) is 25.4. The summed E-state index contributed by atoms with van der Waals surface area (Å²) in [6.45, 7) is 9.78. The van der Waals surface area contributed by atoms with E-state index in [1.54, 1.807) is 13.1 Å². The van der Waals surface area contributed by atoms with E-state index in [1.165, 1.54) is 23.1 Å². The lowest BCUT2D eigenvalue weighted by Gasteiger charge is -2.32. The largest absolute Gasteiger partial charge is 0.495 e. The van der Waals surface area contributed by atoms with Gasteiger partial charge in [0.25, 0.3) is 0 Å². The predicted molar refractivity (Wildman–Crippen MR) is 116 cm³/mol. The molecule has 0 saturated carbocycles. The van der Waals surface area contributed by atoms with E-state index in [9.17, 15) is 14.0 Å². The van der Waals surface area contributed by atoms with Crippen molar-refractivity contribution in [2.75, 3.05) is 17.3 Å². The maximum Gasteiger partial charge on any atom is 0.495 e. The van der Waals surface area contributed by atoms with E-state index in [0.29, 0.717) is 12.0 Å². The van der Waals surface area contributed by atoms with Crippen LogP contribution < -0.4 is 15.7 Å². The molecule has 0 aromatic heterocycles. The van der Waals surface area contributed by atoms with Crippen molar-refractivity contribution in [3.8, 4) is 0 Å². The average Bonchev–Trinajstić information content (AvgIpc) is 2.90. The fraction of sp³-hybridized carbons (Fsp3) is 0.364. The summed E-state index contributed by atoms with van der Waals surface area (Å²) < 4.78 is 26.4. The molecule has 1 saturated heterocycles. The van der Waals surface area contributed by atoms with Gasteiger partial charge in [-0.3, -0.25) is 9.69 Å². The molecule has 0 aliphatic carbocycles. The summed E-state index contributed by atoms with van der Waals surface area (Å²) in [7, 11) is 1.01. The smallest absolute Gasteiger partial charge is 0.399 e. The van der Waals surface area contributed by atoms with Gasteiger partial charge >= 0.3 is 13.1 Å².